The lowest BCUT2D eigenvalue weighted by atomic mass is 10.4. The normalized spacial score (nSPS) is 11.1. The summed E-state index contributed by atoms with van der Waals surface area (Å²) in [6.07, 6.45) is -3.75. The Labute approximate surface area is 77.2 Å². The van der Waals surface area contributed by atoms with Crippen LogP contribution in [0.4, 0.5) is 13.2 Å². The summed E-state index contributed by atoms with van der Waals surface area (Å²) in [7, 11) is 1.30. The van der Waals surface area contributed by atoms with Gasteiger partial charge in [0.05, 0.1) is 0 Å². The molecule has 0 saturated carbocycles. The third kappa shape index (κ3) is 2.18. The van der Waals surface area contributed by atoms with E-state index in [2.05, 4.69) is 15.3 Å². The summed E-state index contributed by atoms with van der Waals surface area (Å²) in [5.41, 5.74) is -0.310. The number of nitrogens with zero attached hydrogens (tertiary/aromatic N) is 2. The van der Waals surface area contributed by atoms with E-state index in [1.807, 2.05) is 0 Å². The van der Waals surface area contributed by atoms with Crippen molar-refractivity contribution >= 4 is 5.91 Å². The molecule has 0 atom stereocenters. The van der Waals surface area contributed by atoms with Crippen molar-refractivity contribution in [2.75, 3.05) is 7.05 Å². The van der Waals surface area contributed by atoms with Crippen LogP contribution in [0.1, 0.15) is 16.3 Å². The van der Waals surface area contributed by atoms with E-state index in [4.69, 9.17) is 0 Å². The van der Waals surface area contributed by atoms with Crippen LogP contribution in [-0.2, 0) is 6.18 Å². The lowest BCUT2D eigenvalue weighted by Gasteiger charge is -2.05. The van der Waals surface area contributed by atoms with Gasteiger partial charge in [0.15, 0.2) is 0 Å². The molecule has 0 aliphatic heterocycles. The van der Waals surface area contributed by atoms with Gasteiger partial charge in [0.2, 0.25) is 5.82 Å². The van der Waals surface area contributed by atoms with Crippen LogP contribution in [-0.4, -0.2) is 22.9 Å². The number of amides is 1. The summed E-state index contributed by atoms with van der Waals surface area (Å²) >= 11 is 0. The first kappa shape index (κ1) is 10.4. The third-order valence-corrected chi connectivity index (χ3v) is 1.37. The Bertz CT molecular complexity index is 350. The van der Waals surface area contributed by atoms with E-state index >= 15 is 0 Å². The Morgan fingerprint density at radius 3 is 2.64 bits per heavy atom. The van der Waals surface area contributed by atoms with Gasteiger partial charge in [-0.1, -0.05) is 0 Å². The lowest BCUT2D eigenvalue weighted by Crippen LogP contribution is -2.21. The molecule has 0 radical (unpaired) electrons. The highest BCUT2D eigenvalue weighted by Gasteiger charge is 2.34. The molecule has 1 aromatic heterocycles. The minimum absolute atomic E-state index is 0.310. The number of carbonyl (C=O) groups is 1. The summed E-state index contributed by atoms with van der Waals surface area (Å²) in [5.74, 6) is -2.00. The first-order valence-electron chi connectivity index (χ1n) is 3.57. The molecule has 7 heteroatoms. The molecule has 1 rings (SSSR count). The van der Waals surface area contributed by atoms with Crippen molar-refractivity contribution in [3.05, 3.63) is 23.8 Å². The van der Waals surface area contributed by atoms with Crippen LogP contribution in [0.3, 0.4) is 0 Å². The molecule has 0 aliphatic carbocycles. The highest BCUT2D eigenvalue weighted by Crippen LogP contribution is 2.25. The van der Waals surface area contributed by atoms with Crippen molar-refractivity contribution in [3.63, 3.8) is 0 Å². The molecule has 14 heavy (non-hydrogen) atoms. The second-order valence-corrected chi connectivity index (χ2v) is 2.34. The molecule has 1 aromatic rings. The van der Waals surface area contributed by atoms with Crippen molar-refractivity contribution < 1.29 is 18.0 Å². The maximum absolute atomic E-state index is 12.1. The van der Waals surface area contributed by atoms with Gasteiger partial charge in [-0.15, -0.1) is 0 Å². The number of rotatable bonds is 1. The maximum Gasteiger partial charge on any atom is 0.451 e. The van der Waals surface area contributed by atoms with Gasteiger partial charge in [-0.25, -0.2) is 9.97 Å². The maximum atomic E-state index is 12.1. The van der Waals surface area contributed by atoms with E-state index in [0.29, 0.717) is 0 Å². The number of hydrogen-bond acceptors (Lipinski definition) is 3. The molecule has 0 aromatic carbocycles. The van der Waals surface area contributed by atoms with Crippen LogP contribution < -0.4 is 5.32 Å². The van der Waals surface area contributed by atoms with Crippen LogP contribution >= 0.6 is 0 Å². The fourth-order valence-corrected chi connectivity index (χ4v) is 0.750. The molecule has 0 spiro atoms. The average molecular weight is 205 g/mol. The summed E-state index contributed by atoms with van der Waals surface area (Å²) in [6, 6.07) is 1.11. The van der Waals surface area contributed by atoms with Gasteiger partial charge in [0.25, 0.3) is 5.91 Å². The summed E-state index contributed by atoms with van der Waals surface area (Å²) in [5, 5.41) is 2.16. The van der Waals surface area contributed by atoms with E-state index in [-0.39, 0.29) is 5.69 Å². The summed E-state index contributed by atoms with van der Waals surface area (Å²) in [6.45, 7) is 0. The molecule has 76 valence electrons. The predicted octanol–water partition coefficient (Wildman–Crippen LogP) is 0.855. The first-order valence-corrected chi connectivity index (χ1v) is 3.57. The van der Waals surface area contributed by atoms with Crippen molar-refractivity contribution in [1.82, 2.24) is 15.3 Å². The Kier molecular flexibility index (Phi) is 2.68. The minimum atomic E-state index is -4.63. The fraction of sp³-hybridized carbons (Fsp3) is 0.286. The molecule has 4 nitrogen and oxygen atoms in total. The van der Waals surface area contributed by atoms with Crippen molar-refractivity contribution in [1.29, 1.82) is 0 Å². The second kappa shape index (κ2) is 3.60. The van der Waals surface area contributed by atoms with E-state index in [1.165, 1.54) is 7.05 Å². The Morgan fingerprint density at radius 2 is 2.14 bits per heavy atom. The minimum Gasteiger partial charge on any atom is -0.354 e. The molecule has 1 amide bonds. The molecule has 0 unspecified atom stereocenters. The van der Waals surface area contributed by atoms with Gasteiger partial charge in [-0.2, -0.15) is 13.2 Å². The van der Waals surface area contributed by atoms with Gasteiger partial charge in [0, 0.05) is 13.2 Å². The summed E-state index contributed by atoms with van der Waals surface area (Å²) < 4.78 is 36.2. The van der Waals surface area contributed by atoms with E-state index < -0.39 is 17.9 Å². The van der Waals surface area contributed by atoms with Gasteiger partial charge >= 0.3 is 6.18 Å². The highest BCUT2D eigenvalue weighted by molar-refractivity contribution is 5.91. The van der Waals surface area contributed by atoms with Gasteiger partial charge in [0.1, 0.15) is 5.69 Å². The third-order valence-electron chi connectivity index (χ3n) is 1.37. The number of aromatic nitrogens is 2. The van der Waals surface area contributed by atoms with Gasteiger partial charge < -0.3 is 5.32 Å². The van der Waals surface area contributed by atoms with Gasteiger partial charge in [-0.3, -0.25) is 4.79 Å². The monoisotopic (exact) mass is 205 g/mol. The Morgan fingerprint density at radius 1 is 1.50 bits per heavy atom. The molecule has 1 N–H and O–H groups in total. The van der Waals surface area contributed by atoms with E-state index in [9.17, 15) is 18.0 Å². The van der Waals surface area contributed by atoms with Gasteiger partial charge in [-0.05, 0) is 6.07 Å². The average Bonchev–Trinajstić information content (AvgIpc) is 2.15. The standard InChI is InChI=1S/C7H6F3N3O/c1-11-5(14)4-2-3-12-6(13-4)7(8,9)10/h2-3H,1H3,(H,11,14). The molecule has 0 saturated heterocycles. The molecule has 1 heterocycles. The Hall–Kier alpha value is -1.66. The smallest absolute Gasteiger partial charge is 0.354 e. The zero-order valence-corrected chi connectivity index (χ0v) is 7.09. The van der Waals surface area contributed by atoms with E-state index in [1.54, 1.807) is 0 Å². The van der Waals surface area contributed by atoms with Crippen LogP contribution in [0.2, 0.25) is 0 Å². The zero-order chi connectivity index (χ0) is 10.8. The molecular weight excluding hydrogens is 199 g/mol. The van der Waals surface area contributed by atoms with Crippen molar-refractivity contribution in [2.24, 2.45) is 0 Å². The quantitative estimate of drug-likeness (QED) is 0.739. The largest absolute Gasteiger partial charge is 0.451 e. The topological polar surface area (TPSA) is 54.9 Å². The summed E-state index contributed by atoms with van der Waals surface area (Å²) in [4.78, 5) is 17.0. The first-order chi connectivity index (χ1) is 6.45. The Balaban J connectivity index is 3.08. The number of halogens is 3. The van der Waals surface area contributed by atoms with Crippen LogP contribution in [0.5, 0.6) is 0 Å². The van der Waals surface area contributed by atoms with Crippen LogP contribution in [0, 0.1) is 0 Å². The fourth-order valence-electron chi connectivity index (χ4n) is 0.750. The molecule has 0 aliphatic rings. The van der Waals surface area contributed by atoms with Crippen molar-refractivity contribution in [3.8, 4) is 0 Å². The molecule has 0 bridgehead atoms. The number of carbonyl (C=O) groups excluding carboxylic acids is 1. The second-order valence-electron chi connectivity index (χ2n) is 2.34. The SMILES string of the molecule is CNC(=O)c1ccnc(C(F)(F)F)n1. The van der Waals surface area contributed by atoms with E-state index in [0.717, 1.165) is 12.3 Å². The highest BCUT2D eigenvalue weighted by atomic mass is 19.4. The van der Waals surface area contributed by atoms with Crippen LogP contribution in [0.25, 0.3) is 0 Å². The number of nitrogens with one attached hydrogen (secondary N) is 1. The zero-order valence-electron chi connectivity index (χ0n) is 7.09. The molecule has 0 fully saturated rings. The lowest BCUT2D eigenvalue weighted by molar-refractivity contribution is -0.145. The number of alkyl halides is 3. The number of hydrogen-bond donors (Lipinski definition) is 1. The van der Waals surface area contributed by atoms with Crippen molar-refractivity contribution in [2.45, 2.75) is 6.18 Å². The predicted molar refractivity (Wildman–Crippen MR) is 40.4 cm³/mol. The molecular formula is C7H6F3N3O. The van der Waals surface area contributed by atoms with Crippen LogP contribution in [0.15, 0.2) is 12.3 Å².